The lowest BCUT2D eigenvalue weighted by Gasteiger charge is -2.11. The molecule has 0 atom stereocenters. The van der Waals surface area contributed by atoms with E-state index in [1.165, 1.54) is 10.4 Å². The molecule has 0 aliphatic rings. The third kappa shape index (κ3) is 5.18. The summed E-state index contributed by atoms with van der Waals surface area (Å²) in [5.74, 6) is 0.854. The molecule has 2 heterocycles. The molecule has 0 fully saturated rings. The number of nitrogens with zero attached hydrogens (tertiary/aromatic N) is 4. The summed E-state index contributed by atoms with van der Waals surface area (Å²) >= 11 is 1.77. The van der Waals surface area contributed by atoms with E-state index in [4.69, 9.17) is 0 Å². The van der Waals surface area contributed by atoms with Crippen molar-refractivity contribution in [2.45, 2.75) is 32.9 Å². The van der Waals surface area contributed by atoms with Crippen LogP contribution in [0.4, 0.5) is 0 Å². The van der Waals surface area contributed by atoms with Crippen molar-refractivity contribution in [3.05, 3.63) is 34.5 Å². The van der Waals surface area contributed by atoms with Gasteiger partial charge in [-0.15, -0.1) is 21.5 Å². The predicted molar refractivity (Wildman–Crippen MR) is 86.5 cm³/mol. The van der Waals surface area contributed by atoms with Gasteiger partial charge in [-0.3, -0.25) is 4.99 Å². The van der Waals surface area contributed by atoms with Crippen molar-refractivity contribution in [1.29, 1.82) is 0 Å². The van der Waals surface area contributed by atoms with Crippen LogP contribution in [0.3, 0.4) is 0 Å². The topological polar surface area (TPSA) is 67.1 Å². The Hall–Kier alpha value is -1.89. The zero-order chi connectivity index (χ0) is 14.9. The molecule has 114 valence electrons. The standard InChI is InChI=1S/C14H22N6S/c1-12-5-8-21-13(12)9-17-14(15-2)16-6-3-4-7-20-10-18-19-11-20/h5,8,10-11H,3-4,6-7,9H2,1-2H3,(H2,15,16,17). The first-order chi connectivity index (χ1) is 10.3. The van der Waals surface area contributed by atoms with Crippen molar-refractivity contribution in [2.75, 3.05) is 13.6 Å². The maximum absolute atomic E-state index is 4.24. The zero-order valence-electron chi connectivity index (χ0n) is 12.5. The Kier molecular flexibility index (Phi) is 6.21. The van der Waals surface area contributed by atoms with Crippen molar-refractivity contribution >= 4 is 17.3 Å². The second kappa shape index (κ2) is 8.41. The summed E-state index contributed by atoms with van der Waals surface area (Å²) in [6.45, 7) is 4.82. The molecule has 2 aromatic rings. The molecule has 2 rings (SSSR count). The molecule has 0 saturated heterocycles. The Labute approximate surface area is 129 Å². The molecule has 7 heteroatoms. The smallest absolute Gasteiger partial charge is 0.191 e. The van der Waals surface area contributed by atoms with Crippen LogP contribution in [0.15, 0.2) is 29.1 Å². The van der Waals surface area contributed by atoms with Crippen LogP contribution >= 0.6 is 11.3 Å². The van der Waals surface area contributed by atoms with Gasteiger partial charge in [0, 0.05) is 25.0 Å². The van der Waals surface area contributed by atoms with Gasteiger partial charge in [0.05, 0.1) is 6.54 Å². The molecule has 0 aliphatic heterocycles. The highest BCUT2D eigenvalue weighted by Gasteiger charge is 2.01. The van der Waals surface area contributed by atoms with Crippen molar-refractivity contribution in [2.24, 2.45) is 4.99 Å². The maximum Gasteiger partial charge on any atom is 0.191 e. The Morgan fingerprint density at radius 3 is 2.76 bits per heavy atom. The van der Waals surface area contributed by atoms with Gasteiger partial charge in [0.15, 0.2) is 5.96 Å². The monoisotopic (exact) mass is 306 g/mol. The number of aliphatic imine (C=N–C) groups is 1. The summed E-state index contributed by atoms with van der Waals surface area (Å²) in [6, 6.07) is 2.14. The van der Waals surface area contributed by atoms with E-state index in [0.29, 0.717) is 0 Å². The average molecular weight is 306 g/mol. The molecule has 2 N–H and O–H groups in total. The van der Waals surface area contributed by atoms with E-state index >= 15 is 0 Å². The van der Waals surface area contributed by atoms with Gasteiger partial charge in [-0.25, -0.2) is 0 Å². The third-order valence-electron chi connectivity index (χ3n) is 3.21. The van der Waals surface area contributed by atoms with Crippen LogP contribution in [-0.4, -0.2) is 34.3 Å². The van der Waals surface area contributed by atoms with Crippen molar-refractivity contribution in [3.8, 4) is 0 Å². The van der Waals surface area contributed by atoms with Gasteiger partial charge >= 0.3 is 0 Å². The van der Waals surface area contributed by atoms with Crippen LogP contribution in [-0.2, 0) is 13.1 Å². The second-order valence-electron chi connectivity index (χ2n) is 4.79. The fourth-order valence-corrected chi connectivity index (χ4v) is 2.78. The lowest BCUT2D eigenvalue weighted by molar-refractivity contribution is 0.598. The predicted octanol–water partition coefficient (Wildman–Crippen LogP) is 1.79. The maximum atomic E-state index is 4.24. The van der Waals surface area contributed by atoms with Crippen molar-refractivity contribution in [3.63, 3.8) is 0 Å². The quantitative estimate of drug-likeness (QED) is 0.465. The van der Waals surface area contributed by atoms with Crippen LogP contribution < -0.4 is 10.6 Å². The number of aryl methyl sites for hydroxylation is 2. The summed E-state index contributed by atoms with van der Waals surface area (Å²) in [5, 5.41) is 16.4. The van der Waals surface area contributed by atoms with E-state index in [1.807, 2.05) is 4.57 Å². The molecular weight excluding hydrogens is 284 g/mol. The normalized spacial score (nSPS) is 11.6. The number of hydrogen-bond acceptors (Lipinski definition) is 4. The minimum absolute atomic E-state index is 0.823. The Balaban J connectivity index is 1.60. The Morgan fingerprint density at radius 1 is 1.29 bits per heavy atom. The summed E-state index contributed by atoms with van der Waals surface area (Å²) < 4.78 is 1.99. The van der Waals surface area contributed by atoms with E-state index in [1.54, 1.807) is 31.0 Å². The average Bonchev–Trinajstić information content (AvgIpc) is 3.14. The molecule has 0 aliphatic carbocycles. The number of rotatable bonds is 7. The highest BCUT2D eigenvalue weighted by Crippen LogP contribution is 2.14. The summed E-state index contributed by atoms with van der Waals surface area (Å²) in [6.07, 6.45) is 5.66. The van der Waals surface area contributed by atoms with E-state index in [-0.39, 0.29) is 0 Å². The first kappa shape index (κ1) is 15.5. The van der Waals surface area contributed by atoms with E-state index < -0.39 is 0 Å². The number of aromatic nitrogens is 3. The first-order valence-electron chi connectivity index (χ1n) is 7.09. The van der Waals surface area contributed by atoms with Gasteiger partial charge < -0.3 is 15.2 Å². The molecule has 21 heavy (non-hydrogen) atoms. The van der Waals surface area contributed by atoms with Gasteiger partial charge in [-0.05, 0) is 36.8 Å². The van der Waals surface area contributed by atoms with Crippen LogP contribution in [0, 0.1) is 6.92 Å². The van der Waals surface area contributed by atoms with Gasteiger partial charge in [0.1, 0.15) is 12.7 Å². The highest BCUT2D eigenvalue weighted by atomic mass is 32.1. The number of hydrogen-bond donors (Lipinski definition) is 2. The molecule has 0 amide bonds. The van der Waals surface area contributed by atoms with E-state index in [9.17, 15) is 0 Å². The number of unbranched alkanes of at least 4 members (excludes halogenated alkanes) is 1. The third-order valence-corrected chi connectivity index (χ3v) is 4.23. The van der Waals surface area contributed by atoms with Gasteiger partial charge in [0.25, 0.3) is 0 Å². The second-order valence-corrected chi connectivity index (χ2v) is 5.79. The minimum Gasteiger partial charge on any atom is -0.356 e. The van der Waals surface area contributed by atoms with Crippen LogP contribution in [0.2, 0.25) is 0 Å². The summed E-state index contributed by atoms with van der Waals surface area (Å²) in [7, 11) is 1.80. The zero-order valence-corrected chi connectivity index (χ0v) is 13.4. The Morgan fingerprint density at radius 2 is 2.10 bits per heavy atom. The number of nitrogens with one attached hydrogen (secondary N) is 2. The number of guanidine groups is 1. The minimum atomic E-state index is 0.823. The first-order valence-corrected chi connectivity index (χ1v) is 7.97. The van der Waals surface area contributed by atoms with E-state index in [0.717, 1.165) is 38.4 Å². The van der Waals surface area contributed by atoms with Crippen molar-refractivity contribution in [1.82, 2.24) is 25.4 Å². The van der Waals surface area contributed by atoms with Gasteiger partial charge in [-0.1, -0.05) is 0 Å². The Bertz CT molecular complexity index is 546. The molecule has 0 spiro atoms. The molecular formula is C14H22N6S. The largest absolute Gasteiger partial charge is 0.356 e. The summed E-state index contributed by atoms with van der Waals surface area (Å²) in [5.41, 5.74) is 1.33. The molecule has 6 nitrogen and oxygen atoms in total. The van der Waals surface area contributed by atoms with Crippen LogP contribution in [0.5, 0.6) is 0 Å². The van der Waals surface area contributed by atoms with Gasteiger partial charge in [0.2, 0.25) is 0 Å². The fourth-order valence-electron chi connectivity index (χ4n) is 1.93. The lowest BCUT2D eigenvalue weighted by Crippen LogP contribution is -2.37. The van der Waals surface area contributed by atoms with Crippen LogP contribution in [0.1, 0.15) is 23.3 Å². The molecule has 0 aromatic carbocycles. The molecule has 2 aromatic heterocycles. The van der Waals surface area contributed by atoms with Gasteiger partial charge in [-0.2, -0.15) is 0 Å². The molecule has 0 bridgehead atoms. The summed E-state index contributed by atoms with van der Waals surface area (Å²) in [4.78, 5) is 5.59. The molecule has 0 unspecified atom stereocenters. The SMILES string of the molecule is CN=C(NCCCCn1cnnc1)NCc1sccc1C. The fraction of sp³-hybridized carbons (Fsp3) is 0.500. The van der Waals surface area contributed by atoms with Crippen molar-refractivity contribution < 1.29 is 0 Å². The highest BCUT2D eigenvalue weighted by molar-refractivity contribution is 7.10. The molecule has 0 saturated carbocycles. The molecule has 0 radical (unpaired) electrons. The number of thiophene rings is 1. The van der Waals surface area contributed by atoms with Crippen LogP contribution in [0.25, 0.3) is 0 Å². The lowest BCUT2D eigenvalue weighted by atomic mass is 10.3. The van der Waals surface area contributed by atoms with E-state index in [2.05, 4.69) is 44.2 Å².